The van der Waals surface area contributed by atoms with Gasteiger partial charge in [0, 0.05) is 57.9 Å². The summed E-state index contributed by atoms with van der Waals surface area (Å²) >= 11 is 0. The lowest BCUT2D eigenvalue weighted by Gasteiger charge is -2.36. The third kappa shape index (κ3) is 6.44. The highest BCUT2D eigenvalue weighted by Gasteiger charge is 2.31. The molecule has 0 aliphatic carbocycles. The summed E-state index contributed by atoms with van der Waals surface area (Å²) in [5.74, 6) is 1.06. The van der Waals surface area contributed by atoms with Crippen LogP contribution in [0.3, 0.4) is 0 Å². The van der Waals surface area contributed by atoms with Gasteiger partial charge in [0.25, 0.3) is 0 Å². The van der Waals surface area contributed by atoms with Crippen molar-refractivity contribution in [3.8, 4) is 11.4 Å². The minimum absolute atomic E-state index is 0.0183. The molecule has 2 heterocycles. The van der Waals surface area contributed by atoms with Gasteiger partial charge in [0.05, 0.1) is 17.9 Å². The molecule has 1 aromatic heterocycles. The first-order valence-electron chi connectivity index (χ1n) is 11.9. The third-order valence-electron chi connectivity index (χ3n) is 6.22. The highest BCUT2D eigenvalue weighted by Crippen LogP contribution is 2.32. The summed E-state index contributed by atoms with van der Waals surface area (Å²) in [5, 5.41) is 0. The maximum atomic E-state index is 13.4. The smallest absolute Gasteiger partial charge is 0.378 e. The molecule has 3 aromatic rings. The minimum Gasteiger partial charge on any atom is -0.378 e. The molecule has 0 bridgehead atoms. The van der Waals surface area contributed by atoms with Gasteiger partial charge in [-0.05, 0) is 11.6 Å². The maximum Gasteiger partial charge on any atom is 0.416 e. The summed E-state index contributed by atoms with van der Waals surface area (Å²) in [6, 6.07) is 14.8. The maximum absolute atomic E-state index is 13.4. The number of carbonyl (C=O) groups is 1. The first-order valence-corrected chi connectivity index (χ1v) is 11.9. The number of rotatable bonds is 8. The van der Waals surface area contributed by atoms with Crippen molar-refractivity contribution in [2.75, 3.05) is 51.9 Å². The van der Waals surface area contributed by atoms with Gasteiger partial charge in [0.1, 0.15) is 12.4 Å². The average molecular weight is 515 g/mol. The molecular weight excluding hydrogens is 485 g/mol. The quantitative estimate of drug-likeness (QED) is 0.449. The molecular formula is C27H29F3N4O3. The van der Waals surface area contributed by atoms with Crippen LogP contribution in [0.25, 0.3) is 11.4 Å². The van der Waals surface area contributed by atoms with Crippen LogP contribution in [0, 0.1) is 0 Å². The van der Waals surface area contributed by atoms with E-state index in [0.717, 1.165) is 17.7 Å². The minimum atomic E-state index is -4.44. The molecule has 1 saturated heterocycles. The second kappa shape index (κ2) is 11.7. The fourth-order valence-corrected chi connectivity index (χ4v) is 4.38. The van der Waals surface area contributed by atoms with Gasteiger partial charge >= 0.3 is 6.18 Å². The van der Waals surface area contributed by atoms with Crippen molar-refractivity contribution < 1.29 is 27.4 Å². The molecule has 0 radical (unpaired) electrons. The van der Waals surface area contributed by atoms with Crippen molar-refractivity contribution in [3.63, 3.8) is 0 Å². The van der Waals surface area contributed by atoms with Crippen LogP contribution in [0.2, 0.25) is 0 Å². The molecule has 2 aromatic carbocycles. The van der Waals surface area contributed by atoms with Crippen LogP contribution in [0.1, 0.15) is 22.4 Å². The van der Waals surface area contributed by atoms with Gasteiger partial charge in [-0.25, -0.2) is 9.97 Å². The van der Waals surface area contributed by atoms with Gasteiger partial charge in [0.2, 0.25) is 5.91 Å². The molecule has 4 rings (SSSR count). The van der Waals surface area contributed by atoms with E-state index in [1.54, 1.807) is 18.1 Å². The summed E-state index contributed by atoms with van der Waals surface area (Å²) in [7, 11) is 3.04. The summed E-state index contributed by atoms with van der Waals surface area (Å²) < 4.78 is 50.6. The van der Waals surface area contributed by atoms with E-state index in [0.29, 0.717) is 54.6 Å². The van der Waals surface area contributed by atoms with Crippen molar-refractivity contribution in [3.05, 3.63) is 77.0 Å². The number of anilines is 1. The number of methoxy groups -OCH3 is 2. The second-order valence-corrected chi connectivity index (χ2v) is 8.77. The molecule has 0 spiro atoms. The Hall–Kier alpha value is -3.50. The monoisotopic (exact) mass is 514 g/mol. The zero-order valence-corrected chi connectivity index (χ0v) is 20.8. The SMILES string of the molecule is COCC(=O)N1CCN(c2nc(-c3ccccc3)nc(COC)c2Cc2cccc(C(F)(F)F)c2)CC1. The number of nitrogens with zero attached hydrogens (tertiary/aromatic N) is 4. The molecule has 0 unspecified atom stereocenters. The number of ether oxygens (including phenoxy) is 2. The summed E-state index contributed by atoms with van der Waals surface area (Å²) in [5.41, 5.74) is 1.94. The lowest BCUT2D eigenvalue weighted by Crippen LogP contribution is -2.50. The Balaban J connectivity index is 1.75. The Bertz CT molecular complexity index is 1210. The molecule has 7 nitrogen and oxygen atoms in total. The third-order valence-corrected chi connectivity index (χ3v) is 6.22. The molecule has 1 aliphatic rings. The predicted molar refractivity (Wildman–Crippen MR) is 133 cm³/mol. The van der Waals surface area contributed by atoms with Crippen LogP contribution in [0.4, 0.5) is 19.0 Å². The van der Waals surface area contributed by atoms with Crippen LogP contribution in [0.15, 0.2) is 54.6 Å². The van der Waals surface area contributed by atoms with Crippen molar-refractivity contribution in [1.82, 2.24) is 14.9 Å². The summed E-state index contributed by atoms with van der Waals surface area (Å²) in [6.45, 7) is 2.19. The standard InChI is InChI=1S/C27H29F3N4O3/c1-36-17-23-22(16-19-7-6-10-21(15-19)27(28,29)30)26(32-25(31-23)20-8-4-3-5-9-20)34-13-11-33(12-14-34)24(35)18-37-2/h3-10,15H,11-14,16-18H2,1-2H3. The van der Waals surface area contributed by atoms with E-state index in [-0.39, 0.29) is 25.5 Å². The topological polar surface area (TPSA) is 67.8 Å². The molecule has 1 amide bonds. The van der Waals surface area contributed by atoms with Crippen molar-refractivity contribution in [1.29, 1.82) is 0 Å². The van der Waals surface area contributed by atoms with Crippen LogP contribution < -0.4 is 4.90 Å². The number of hydrogen-bond donors (Lipinski definition) is 0. The van der Waals surface area contributed by atoms with E-state index in [1.165, 1.54) is 13.2 Å². The van der Waals surface area contributed by atoms with Gasteiger partial charge in [-0.3, -0.25) is 4.79 Å². The Labute approximate surface area is 213 Å². The number of carbonyl (C=O) groups excluding carboxylic acids is 1. The van der Waals surface area contributed by atoms with Crippen molar-refractivity contribution in [2.24, 2.45) is 0 Å². The molecule has 0 atom stereocenters. The van der Waals surface area contributed by atoms with Gasteiger partial charge in [-0.15, -0.1) is 0 Å². The summed E-state index contributed by atoms with van der Waals surface area (Å²) in [4.78, 5) is 25.7. The van der Waals surface area contributed by atoms with Crippen LogP contribution in [0.5, 0.6) is 0 Å². The molecule has 196 valence electrons. The molecule has 0 N–H and O–H groups in total. The van der Waals surface area contributed by atoms with Crippen LogP contribution in [-0.4, -0.2) is 67.8 Å². The van der Waals surface area contributed by atoms with Crippen LogP contribution in [-0.2, 0) is 33.5 Å². The fourth-order valence-electron chi connectivity index (χ4n) is 4.38. The number of benzene rings is 2. The van der Waals surface area contributed by atoms with E-state index in [9.17, 15) is 18.0 Å². The Kier molecular flexibility index (Phi) is 8.40. The largest absolute Gasteiger partial charge is 0.416 e. The zero-order valence-electron chi connectivity index (χ0n) is 20.8. The average Bonchev–Trinajstić information content (AvgIpc) is 2.90. The number of aromatic nitrogens is 2. The van der Waals surface area contributed by atoms with Gasteiger partial charge < -0.3 is 19.3 Å². The highest BCUT2D eigenvalue weighted by molar-refractivity contribution is 5.77. The second-order valence-electron chi connectivity index (χ2n) is 8.77. The molecule has 37 heavy (non-hydrogen) atoms. The van der Waals surface area contributed by atoms with E-state index in [1.807, 2.05) is 30.3 Å². The number of hydrogen-bond acceptors (Lipinski definition) is 6. The zero-order chi connectivity index (χ0) is 26.4. The Morgan fingerprint density at radius 1 is 0.946 bits per heavy atom. The first kappa shape index (κ1) is 26.6. The van der Waals surface area contributed by atoms with E-state index in [2.05, 4.69) is 4.90 Å². The highest BCUT2D eigenvalue weighted by atomic mass is 19.4. The number of alkyl halides is 3. The van der Waals surface area contributed by atoms with Gasteiger partial charge in [0.15, 0.2) is 5.82 Å². The molecule has 1 fully saturated rings. The Morgan fingerprint density at radius 2 is 1.68 bits per heavy atom. The molecule has 0 saturated carbocycles. The van der Waals surface area contributed by atoms with Crippen molar-refractivity contribution >= 4 is 11.7 Å². The van der Waals surface area contributed by atoms with E-state index in [4.69, 9.17) is 19.4 Å². The normalized spacial score (nSPS) is 14.2. The summed E-state index contributed by atoms with van der Waals surface area (Å²) in [6.07, 6.45) is -4.23. The van der Waals surface area contributed by atoms with Gasteiger partial charge in [-0.2, -0.15) is 13.2 Å². The first-order chi connectivity index (χ1) is 17.8. The van der Waals surface area contributed by atoms with E-state index >= 15 is 0 Å². The number of piperazine rings is 1. The number of amides is 1. The lowest BCUT2D eigenvalue weighted by atomic mass is 10.0. The fraction of sp³-hybridized carbons (Fsp3) is 0.370. The lowest BCUT2D eigenvalue weighted by molar-refractivity contribution is -0.137. The van der Waals surface area contributed by atoms with Gasteiger partial charge in [-0.1, -0.05) is 48.5 Å². The van der Waals surface area contributed by atoms with E-state index < -0.39 is 11.7 Å². The molecule has 10 heteroatoms. The number of halogens is 3. The predicted octanol–water partition coefficient (Wildman–Crippen LogP) is 4.19. The molecule has 1 aliphatic heterocycles. The van der Waals surface area contributed by atoms with Crippen LogP contribution >= 0.6 is 0 Å². The Morgan fingerprint density at radius 3 is 2.32 bits per heavy atom. The van der Waals surface area contributed by atoms with Crippen molar-refractivity contribution in [2.45, 2.75) is 19.2 Å².